The summed E-state index contributed by atoms with van der Waals surface area (Å²) < 4.78 is 39.2. The van der Waals surface area contributed by atoms with Crippen LogP contribution in [-0.2, 0) is 6.42 Å². The minimum Gasteiger partial charge on any atom is -0.439 e. The maximum absolute atomic E-state index is 12.1. The van der Waals surface area contributed by atoms with Crippen molar-refractivity contribution >= 4 is 0 Å². The Balaban J connectivity index is 1.63. The minimum atomic E-state index is -2.90. The van der Waals surface area contributed by atoms with Crippen molar-refractivity contribution < 1.29 is 27.9 Å². The van der Waals surface area contributed by atoms with Gasteiger partial charge in [0, 0.05) is 24.7 Å². The predicted octanol–water partition coefficient (Wildman–Crippen LogP) is 3.70. The molecule has 0 bridgehead atoms. The van der Waals surface area contributed by atoms with Gasteiger partial charge in [-0.2, -0.15) is 13.8 Å². The second kappa shape index (κ2) is 8.54. The van der Waals surface area contributed by atoms with Crippen molar-refractivity contribution in [1.29, 1.82) is 0 Å². The highest BCUT2D eigenvalue weighted by molar-refractivity contribution is 5.55. The second-order valence-electron chi connectivity index (χ2n) is 5.84. The molecule has 27 heavy (non-hydrogen) atoms. The van der Waals surface area contributed by atoms with Crippen LogP contribution in [0.25, 0.3) is 11.4 Å². The molecule has 0 saturated heterocycles. The molecule has 0 saturated carbocycles. The van der Waals surface area contributed by atoms with E-state index in [-0.39, 0.29) is 24.2 Å². The summed E-state index contributed by atoms with van der Waals surface area (Å²) in [6.07, 6.45) is 1.66. The summed E-state index contributed by atoms with van der Waals surface area (Å²) in [5.74, 6) is 1.64. The predicted molar refractivity (Wildman–Crippen MR) is 90.6 cm³/mol. The third-order valence-corrected chi connectivity index (χ3v) is 3.57. The van der Waals surface area contributed by atoms with E-state index in [1.165, 1.54) is 12.1 Å². The zero-order chi connectivity index (χ0) is 19.2. The number of ether oxygens (including phenoxy) is 2. The molecular formula is C18H17F2N3O4. The van der Waals surface area contributed by atoms with Gasteiger partial charge in [-0.25, -0.2) is 4.98 Å². The zero-order valence-corrected chi connectivity index (χ0v) is 14.4. The fourth-order valence-corrected chi connectivity index (χ4v) is 2.21. The van der Waals surface area contributed by atoms with E-state index in [4.69, 9.17) is 14.4 Å². The Kier molecular flexibility index (Phi) is 5.92. The lowest BCUT2D eigenvalue weighted by Crippen LogP contribution is -2.04. The van der Waals surface area contributed by atoms with E-state index < -0.39 is 6.61 Å². The molecule has 1 atom stereocenters. The summed E-state index contributed by atoms with van der Waals surface area (Å²) in [6.45, 7) is -0.966. The normalized spacial score (nSPS) is 12.2. The van der Waals surface area contributed by atoms with Crippen molar-refractivity contribution in [3.63, 3.8) is 0 Å². The summed E-state index contributed by atoms with van der Waals surface area (Å²) >= 11 is 0. The van der Waals surface area contributed by atoms with Crippen molar-refractivity contribution in [3.05, 3.63) is 48.5 Å². The number of aromatic nitrogens is 3. The molecule has 2 heterocycles. The number of pyridine rings is 1. The van der Waals surface area contributed by atoms with Gasteiger partial charge >= 0.3 is 6.61 Å². The van der Waals surface area contributed by atoms with E-state index in [0.717, 1.165) is 11.8 Å². The molecule has 0 amide bonds. The summed E-state index contributed by atoms with van der Waals surface area (Å²) in [6, 6.07) is 9.69. The molecule has 0 radical (unpaired) electrons. The van der Waals surface area contributed by atoms with E-state index in [2.05, 4.69) is 19.9 Å². The average Bonchev–Trinajstić information content (AvgIpc) is 3.12. The Morgan fingerprint density at radius 2 is 1.85 bits per heavy atom. The van der Waals surface area contributed by atoms with E-state index in [0.29, 0.717) is 23.9 Å². The first-order valence-corrected chi connectivity index (χ1v) is 8.16. The monoisotopic (exact) mass is 377 g/mol. The van der Waals surface area contributed by atoms with Crippen molar-refractivity contribution in [1.82, 2.24) is 15.1 Å². The minimum absolute atomic E-state index is 0.0408. The highest BCUT2D eigenvalue weighted by atomic mass is 19.3. The van der Waals surface area contributed by atoms with Crippen molar-refractivity contribution in [2.75, 3.05) is 6.61 Å². The molecule has 1 aromatic carbocycles. The van der Waals surface area contributed by atoms with Crippen LogP contribution in [0.5, 0.6) is 17.4 Å². The molecule has 142 valence electrons. The molecule has 1 N–H and O–H groups in total. The van der Waals surface area contributed by atoms with Crippen LogP contribution in [0.15, 0.2) is 47.1 Å². The number of aliphatic hydroxyl groups is 1. The third-order valence-electron chi connectivity index (χ3n) is 3.57. The number of alkyl halides is 2. The van der Waals surface area contributed by atoms with Crippen molar-refractivity contribution in [3.8, 4) is 28.8 Å². The fourth-order valence-electron chi connectivity index (χ4n) is 2.21. The standard InChI is InChI=1S/C18H17F2N3O4/c1-11(10-24)8-16-22-17(23-27-16)12-2-4-13(5-3-12)25-15-7-6-14(9-21-15)26-18(19)20/h2-7,9,11,18,24H,8,10H2,1H3/t11-/m0/s1. The molecule has 3 aromatic rings. The molecule has 0 aliphatic heterocycles. The van der Waals surface area contributed by atoms with E-state index in [1.54, 1.807) is 24.3 Å². The van der Waals surface area contributed by atoms with Crippen LogP contribution in [0.4, 0.5) is 8.78 Å². The first kappa shape index (κ1) is 18.7. The van der Waals surface area contributed by atoms with Crippen molar-refractivity contribution in [2.45, 2.75) is 20.0 Å². The summed E-state index contributed by atoms with van der Waals surface area (Å²) in [5.41, 5.74) is 0.739. The lowest BCUT2D eigenvalue weighted by Gasteiger charge is -2.07. The molecule has 2 aromatic heterocycles. The van der Waals surface area contributed by atoms with Gasteiger partial charge in [-0.15, -0.1) is 0 Å². The quantitative estimate of drug-likeness (QED) is 0.640. The molecule has 7 nitrogen and oxygen atoms in total. The van der Waals surface area contributed by atoms with Crippen LogP contribution < -0.4 is 9.47 Å². The van der Waals surface area contributed by atoms with Gasteiger partial charge in [0.25, 0.3) is 0 Å². The highest BCUT2D eigenvalue weighted by Crippen LogP contribution is 2.25. The SMILES string of the molecule is C[C@H](CO)Cc1nc(-c2ccc(Oc3ccc(OC(F)F)cn3)cc2)no1. The number of hydrogen-bond donors (Lipinski definition) is 1. The Morgan fingerprint density at radius 1 is 1.11 bits per heavy atom. The van der Waals surface area contributed by atoms with Crippen molar-refractivity contribution in [2.24, 2.45) is 5.92 Å². The van der Waals surface area contributed by atoms with Gasteiger partial charge in [0.15, 0.2) is 0 Å². The summed E-state index contributed by atoms with van der Waals surface area (Å²) in [7, 11) is 0. The molecular weight excluding hydrogens is 360 g/mol. The first-order chi connectivity index (χ1) is 13.0. The smallest absolute Gasteiger partial charge is 0.387 e. The van der Waals surface area contributed by atoms with Crippen LogP contribution in [0.1, 0.15) is 12.8 Å². The van der Waals surface area contributed by atoms with Crippen LogP contribution >= 0.6 is 0 Å². The Hall–Kier alpha value is -3.07. The van der Waals surface area contributed by atoms with E-state index in [9.17, 15) is 8.78 Å². The topological polar surface area (TPSA) is 90.5 Å². The third kappa shape index (κ3) is 5.20. The number of aliphatic hydroxyl groups excluding tert-OH is 1. The Bertz CT molecular complexity index is 854. The number of benzene rings is 1. The molecule has 0 spiro atoms. The lowest BCUT2D eigenvalue weighted by atomic mass is 10.1. The molecule has 0 aliphatic carbocycles. The van der Waals surface area contributed by atoms with Crippen LogP contribution in [0.2, 0.25) is 0 Å². The van der Waals surface area contributed by atoms with Crippen LogP contribution in [0, 0.1) is 5.92 Å². The molecule has 0 fully saturated rings. The van der Waals surface area contributed by atoms with Crippen LogP contribution in [-0.4, -0.2) is 33.4 Å². The highest BCUT2D eigenvalue weighted by Gasteiger charge is 2.12. The van der Waals surface area contributed by atoms with Gasteiger partial charge in [-0.1, -0.05) is 12.1 Å². The molecule has 9 heteroatoms. The number of nitrogens with zero attached hydrogens (tertiary/aromatic N) is 3. The maximum Gasteiger partial charge on any atom is 0.387 e. The van der Waals surface area contributed by atoms with E-state index in [1.807, 2.05) is 6.92 Å². The molecule has 0 aliphatic rings. The lowest BCUT2D eigenvalue weighted by molar-refractivity contribution is -0.0501. The molecule has 3 rings (SSSR count). The Morgan fingerprint density at radius 3 is 2.48 bits per heavy atom. The zero-order valence-electron chi connectivity index (χ0n) is 14.4. The van der Waals surface area contributed by atoms with Gasteiger partial charge in [0.05, 0.1) is 6.20 Å². The number of halogens is 2. The van der Waals surface area contributed by atoms with Gasteiger partial charge in [0.1, 0.15) is 11.5 Å². The van der Waals surface area contributed by atoms with Crippen LogP contribution in [0.3, 0.4) is 0 Å². The number of rotatable bonds is 8. The van der Waals surface area contributed by atoms with Gasteiger partial charge in [0.2, 0.25) is 17.6 Å². The maximum atomic E-state index is 12.1. The Labute approximate surface area is 153 Å². The average molecular weight is 377 g/mol. The first-order valence-electron chi connectivity index (χ1n) is 8.16. The van der Waals surface area contributed by atoms with Gasteiger partial charge < -0.3 is 19.1 Å². The van der Waals surface area contributed by atoms with E-state index >= 15 is 0 Å². The fraction of sp³-hybridized carbons (Fsp3) is 0.278. The summed E-state index contributed by atoms with van der Waals surface area (Å²) in [4.78, 5) is 8.20. The summed E-state index contributed by atoms with van der Waals surface area (Å²) in [5, 5.41) is 13.0. The number of hydrogen-bond acceptors (Lipinski definition) is 7. The largest absolute Gasteiger partial charge is 0.439 e. The van der Waals surface area contributed by atoms with Gasteiger partial charge in [-0.05, 0) is 36.2 Å². The van der Waals surface area contributed by atoms with Gasteiger partial charge in [-0.3, -0.25) is 0 Å². The second-order valence-corrected chi connectivity index (χ2v) is 5.84. The molecule has 0 unspecified atom stereocenters.